The second kappa shape index (κ2) is 6.69. The van der Waals surface area contributed by atoms with Crippen molar-refractivity contribution in [2.45, 2.75) is 24.4 Å². The average Bonchev–Trinajstić information content (AvgIpc) is 3.34. The van der Waals surface area contributed by atoms with E-state index in [0.29, 0.717) is 34.7 Å². The van der Waals surface area contributed by atoms with Crippen LogP contribution in [0.25, 0.3) is 11.0 Å². The number of aliphatic hydroxyl groups excluding tert-OH is 1. The highest BCUT2D eigenvalue weighted by molar-refractivity contribution is 6.32. The summed E-state index contributed by atoms with van der Waals surface area (Å²) in [7, 11) is 0. The van der Waals surface area contributed by atoms with Crippen LogP contribution in [-0.4, -0.2) is 52.7 Å². The summed E-state index contributed by atoms with van der Waals surface area (Å²) in [4.78, 5) is 7.56. The lowest BCUT2D eigenvalue weighted by Gasteiger charge is -2.15. The third kappa shape index (κ3) is 3.12. The van der Waals surface area contributed by atoms with Gasteiger partial charge < -0.3 is 29.0 Å². The van der Waals surface area contributed by atoms with Gasteiger partial charge >= 0.3 is 0 Å². The Balaban J connectivity index is 1.37. The van der Waals surface area contributed by atoms with Crippen LogP contribution in [0.3, 0.4) is 0 Å². The summed E-state index contributed by atoms with van der Waals surface area (Å²) in [5.74, 6) is 1.21. The van der Waals surface area contributed by atoms with Crippen LogP contribution >= 0.6 is 11.6 Å². The Hall–Kier alpha value is -2.32. The number of nitrogens with one attached hydrogen (secondary N) is 1. The number of halogens is 1. The van der Waals surface area contributed by atoms with Crippen LogP contribution in [0.5, 0.6) is 17.5 Å². The van der Waals surface area contributed by atoms with Crippen LogP contribution in [0.4, 0.5) is 0 Å². The van der Waals surface area contributed by atoms with E-state index in [0.717, 1.165) is 5.52 Å². The second-order valence-electron chi connectivity index (χ2n) is 6.58. The minimum atomic E-state index is -0.615. The Morgan fingerprint density at radius 2 is 1.93 bits per heavy atom. The molecule has 0 bridgehead atoms. The third-order valence-electron chi connectivity index (χ3n) is 4.73. The maximum atomic E-state index is 9.82. The zero-order chi connectivity index (χ0) is 18.4. The van der Waals surface area contributed by atoms with Crippen LogP contribution in [0.1, 0.15) is 0 Å². The standard InChI is InChI=1S/C19H17ClN2O5/c20-11-6-12-13(7-15(11)26-10-4-2-1-3-5-10)22-19(21-12)27-16-9-25-17-14(23)8-24-18(16)17/h1-7,14,16-18,23H,8-9H2,(H,21,22)/t14-,16-,17-,18?/m1/s1. The zero-order valence-corrected chi connectivity index (χ0v) is 14.9. The quantitative estimate of drug-likeness (QED) is 0.714. The molecule has 0 aliphatic carbocycles. The summed E-state index contributed by atoms with van der Waals surface area (Å²) < 4.78 is 22.9. The number of hydrogen-bond acceptors (Lipinski definition) is 6. The molecule has 2 aliphatic rings. The van der Waals surface area contributed by atoms with Crippen LogP contribution in [0.15, 0.2) is 42.5 Å². The summed E-state index contributed by atoms with van der Waals surface area (Å²) in [5.41, 5.74) is 1.40. The largest absolute Gasteiger partial charge is 0.456 e. The van der Waals surface area contributed by atoms with Gasteiger partial charge in [0.25, 0.3) is 6.01 Å². The number of ether oxygens (including phenoxy) is 4. The van der Waals surface area contributed by atoms with Gasteiger partial charge in [-0.15, -0.1) is 0 Å². The highest BCUT2D eigenvalue weighted by Gasteiger charge is 2.48. The number of imidazole rings is 1. The van der Waals surface area contributed by atoms with Crippen molar-refractivity contribution in [1.29, 1.82) is 0 Å². The number of aromatic amines is 1. The number of nitrogens with zero attached hydrogens (tertiary/aromatic N) is 1. The van der Waals surface area contributed by atoms with E-state index < -0.39 is 6.10 Å². The Morgan fingerprint density at radius 1 is 1.11 bits per heavy atom. The van der Waals surface area contributed by atoms with E-state index in [1.807, 2.05) is 30.3 Å². The van der Waals surface area contributed by atoms with Gasteiger partial charge in [0.1, 0.15) is 29.8 Å². The molecule has 0 radical (unpaired) electrons. The Labute approximate surface area is 159 Å². The molecule has 5 rings (SSSR count). The SMILES string of the molecule is O[C@@H]1COC2[C@H](Oc3nc4cc(Oc5ccccc5)c(Cl)cc4[nH]3)CO[C@@H]21. The van der Waals surface area contributed by atoms with E-state index in [1.54, 1.807) is 12.1 Å². The number of rotatable bonds is 4. The molecule has 7 nitrogen and oxygen atoms in total. The molecule has 4 atom stereocenters. The van der Waals surface area contributed by atoms with Crippen molar-refractivity contribution in [2.24, 2.45) is 0 Å². The first-order valence-corrected chi connectivity index (χ1v) is 9.05. The van der Waals surface area contributed by atoms with Crippen molar-refractivity contribution in [3.05, 3.63) is 47.5 Å². The number of para-hydroxylation sites is 1. The highest BCUT2D eigenvalue weighted by atomic mass is 35.5. The van der Waals surface area contributed by atoms with Gasteiger partial charge in [0.05, 0.1) is 29.3 Å². The number of hydrogen-bond donors (Lipinski definition) is 2. The highest BCUT2D eigenvalue weighted by Crippen LogP contribution is 2.34. The van der Waals surface area contributed by atoms with Crippen molar-refractivity contribution in [3.63, 3.8) is 0 Å². The molecule has 27 heavy (non-hydrogen) atoms. The number of H-pyrrole nitrogens is 1. The molecule has 2 saturated heterocycles. The van der Waals surface area contributed by atoms with Gasteiger partial charge in [-0.25, -0.2) is 0 Å². The first-order valence-electron chi connectivity index (χ1n) is 8.67. The number of aliphatic hydroxyl groups is 1. The number of benzene rings is 2. The summed E-state index contributed by atoms with van der Waals surface area (Å²) >= 11 is 6.34. The van der Waals surface area contributed by atoms with Gasteiger partial charge in [-0.05, 0) is 18.2 Å². The van der Waals surface area contributed by atoms with E-state index in [4.69, 9.17) is 30.5 Å². The van der Waals surface area contributed by atoms with Crippen molar-refractivity contribution >= 4 is 22.6 Å². The Bertz CT molecular complexity index is 963. The normalized spacial score (nSPS) is 27.0. The molecule has 2 aromatic carbocycles. The van der Waals surface area contributed by atoms with Gasteiger partial charge in [-0.3, -0.25) is 0 Å². The van der Waals surface area contributed by atoms with Gasteiger partial charge in [-0.1, -0.05) is 29.8 Å². The van der Waals surface area contributed by atoms with Crippen LogP contribution in [0.2, 0.25) is 5.02 Å². The van der Waals surface area contributed by atoms with E-state index in [1.165, 1.54) is 0 Å². The topological polar surface area (TPSA) is 85.8 Å². The van der Waals surface area contributed by atoms with Crippen molar-refractivity contribution in [2.75, 3.05) is 13.2 Å². The molecular weight excluding hydrogens is 372 g/mol. The monoisotopic (exact) mass is 388 g/mol. The van der Waals surface area contributed by atoms with E-state index >= 15 is 0 Å². The van der Waals surface area contributed by atoms with Crippen LogP contribution < -0.4 is 9.47 Å². The molecule has 0 saturated carbocycles. The summed E-state index contributed by atoms with van der Waals surface area (Å²) in [6.07, 6.45) is -1.59. The van der Waals surface area contributed by atoms with Crippen LogP contribution in [-0.2, 0) is 9.47 Å². The lowest BCUT2D eigenvalue weighted by molar-refractivity contribution is 0.00706. The minimum Gasteiger partial charge on any atom is -0.456 e. The molecule has 0 spiro atoms. The average molecular weight is 389 g/mol. The molecule has 1 unspecified atom stereocenters. The van der Waals surface area contributed by atoms with Crippen molar-refractivity contribution < 1.29 is 24.1 Å². The first-order chi connectivity index (χ1) is 13.2. The molecule has 140 valence electrons. The molecule has 2 fully saturated rings. The molecular formula is C19H17ClN2O5. The van der Waals surface area contributed by atoms with Gasteiger partial charge in [0.2, 0.25) is 0 Å². The van der Waals surface area contributed by atoms with E-state index in [9.17, 15) is 5.11 Å². The molecule has 0 amide bonds. The molecule has 1 aromatic heterocycles. The van der Waals surface area contributed by atoms with Gasteiger partial charge in [0, 0.05) is 6.07 Å². The molecule has 3 aromatic rings. The molecule has 3 heterocycles. The smallest absolute Gasteiger partial charge is 0.295 e. The van der Waals surface area contributed by atoms with E-state index in [2.05, 4.69) is 9.97 Å². The fraction of sp³-hybridized carbons (Fsp3) is 0.316. The zero-order valence-electron chi connectivity index (χ0n) is 14.2. The van der Waals surface area contributed by atoms with Crippen LogP contribution in [0, 0.1) is 0 Å². The summed E-state index contributed by atoms with van der Waals surface area (Å²) in [5, 5.41) is 10.3. The Morgan fingerprint density at radius 3 is 2.78 bits per heavy atom. The second-order valence-corrected chi connectivity index (χ2v) is 6.98. The predicted molar refractivity (Wildman–Crippen MR) is 97.5 cm³/mol. The Kier molecular flexibility index (Phi) is 4.17. The van der Waals surface area contributed by atoms with Crippen molar-refractivity contribution in [1.82, 2.24) is 9.97 Å². The van der Waals surface area contributed by atoms with Gasteiger partial charge in [0.15, 0.2) is 6.10 Å². The fourth-order valence-corrected chi connectivity index (χ4v) is 3.63. The third-order valence-corrected chi connectivity index (χ3v) is 5.03. The first kappa shape index (κ1) is 16.8. The molecule has 8 heteroatoms. The maximum Gasteiger partial charge on any atom is 0.295 e. The molecule has 2 N–H and O–H groups in total. The predicted octanol–water partition coefficient (Wildman–Crippen LogP) is 2.91. The summed E-state index contributed by atoms with van der Waals surface area (Å²) in [6, 6.07) is 13.3. The number of fused-ring (bicyclic) bond motifs is 2. The fourth-order valence-electron chi connectivity index (χ4n) is 3.43. The lowest BCUT2D eigenvalue weighted by Crippen LogP contribution is -2.34. The minimum absolute atomic E-state index is 0.255. The molecule has 2 aliphatic heterocycles. The van der Waals surface area contributed by atoms with Gasteiger partial charge in [-0.2, -0.15) is 4.98 Å². The summed E-state index contributed by atoms with van der Waals surface area (Å²) in [6.45, 7) is 0.595. The maximum absolute atomic E-state index is 9.82. The van der Waals surface area contributed by atoms with E-state index in [-0.39, 0.29) is 24.9 Å². The van der Waals surface area contributed by atoms with Crippen molar-refractivity contribution in [3.8, 4) is 17.5 Å². The number of aromatic nitrogens is 2. The lowest BCUT2D eigenvalue weighted by atomic mass is 10.1.